The molecule has 0 N–H and O–H groups in total. The highest BCUT2D eigenvalue weighted by molar-refractivity contribution is 7.22. The van der Waals surface area contributed by atoms with Crippen LogP contribution in [0.1, 0.15) is 22.2 Å². The van der Waals surface area contributed by atoms with E-state index in [2.05, 4.69) is 11.1 Å². The topological polar surface area (TPSA) is 33.2 Å². The van der Waals surface area contributed by atoms with Crippen LogP contribution in [0.3, 0.4) is 0 Å². The van der Waals surface area contributed by atoms with E-state index in [1.807, 2.05) is 26.0 Å². The third-order valence-electron chi connectivity index (χ3n) is 4.48. The first-order chi connectivity index (χ1) is 13.0. The third kappa shape index (κ3) is 3.17. The third-order valence-corrected chi connectivity index (χ3v) is 5.92. The number of pyridine rings is 1. The molecule has 0 spiro atoms. The van der Waals surface area contributed by atoms with E-state index >= 15 is 0 Å². The van der Waals surface area contributed by atoms with Crippen LogP contribution in [0.15, 0.2) is 48.5 Å². The fraction of sp³-hybridized carbons (Fsp3) is 0.143. The van der Waals surface area contributed by atoms with Gasteiger partial charge in [-0.25, -0.2) is 9.37 Å². The lowest BCUT2D eigenvalue weighted by atomic mass is 10.1. The van der Waals surface area contributed by atoms with Gasteiger partial charge in [-0.1, -0.05) is 23.2 Å². The van der Waals surface area contributed by atoms with Gasteiger partial charge in [-0.05, 0) is 56.3 Å². The lowest BCUT2D eigenvalue weighted by Crippen LogP contribution is -2.29. The van der Waals surface area contributed by atoms with Crippen LogP contribution in [0.2, 0.25) is 5.15 Å². The van der Waals surface area contributed by atoms with Crippen molar-refractivity contribution in [2.24, 2.45) is 0 Å². The molecule has 2 aromatic carbocycles. The predicted molar refractivity (Wildman–Crippen MR) is 111 cm³/mol. The van der Waals surface area contributed by atoms with E-state index in [1.165, 1.54) is 23.5 Å². The number of fused-ring (bicyclic) bond motifs is 3. The number of thiophene rings is 1. The van der Waals surface area contributed by atoms with Gasteiger partial charge in [-0.3, -0.25) is 4.79 Å². The van der Waals surface area contributed by atoms with Gasteiger partial charge in [0, 0.05) is 27.7 Å². The Balaban J connectivity index is 1.84. The van der Waals surface area contributed by atoms with E-state index in [-0.39, 0.29) is 11.7 Å². The summed E-state index contributed by atoms with van der Waals surface area (Å²) in [6.45, 7) is 4.39. The van der Waals surface area contributed by atoms with Gasteiger partial charge in [-0.15, -0.1) is 11.3 Å². The molecule has 0 aliphatic rings. The number of benzene rings is 2. The minimum Gasteiger partial charge on any atom is -0.308 e. The largest absolute Gasteiger partial charge is 0.308 e. The van der Waals surface area contributed by atoms with Gasteiger partial charge in [0.25, 0.3) is 5.91 Å². The zero-order valence-electron chi connectivity index (χ0n) is 14.8. The Kier molecular flexibility index (Phi) is 4.58. The van der Waals surface area contributed by atoms with Crippen molar-refractivity contribution in [1.29, 1.82) is 0 Å². The van der Waals surface area contributed by atoms with E-state index in [1.54, 1.807) is 23.1 Å². The molecular weight excluding hydrogens is 383 g/mol. The SMILES string of the molecule is CCN(C(=O)c1cc2c(Cl)nc3ccc(C)cc3c2s1)c1ccc(F)cc1. The number of rotatable bonds is 3. The zero-order valence-corrected chi connectivity index (χ0v) is 16.4. The van der Waals surface area contributed by atoms with Crippen LogP contribution in [-0.4, -0.2) is 17.4 Å². The van der Waals surface area contributed by atoms with E-state index < -0.39 is 0 Å². The number of anilines is 1. The van der Waals surface area contributed by atoms with Crippen molar-refractivity contribution in [1.82, 2.24) is 4.98 Å². The first-order valence-corrected chi connectivity index (χ1v) is 9.74. The molecule has 0 aliphatic carbocycles. The average Bonchev–Trinajstić information content (AvgIpc) is 3.11. The number of halogens is 2. The number of nitrogens with zero attached hydrogens (tertiary/aromatic N) is 2. The molecular formula is C21H16ClFN2OS. The second kappa shape index (κ2) is 6.91. The molecule has 2 aromatic heterocycles. The van der Waals surface area contributed by atoms with Crippen LogP contribution in [0, 0.1) is 12.7 Å². The maximum absolute atomic E-state index is 13.2. The Morgan fingerprint density at radius 3 is 2.59 bits per heavy atom. The maximum atomic E-state index is 13.2. The normalized spacial score (nSPS) is 11.3. The van der Waals surface area contributed by atoms with Gasteiger partial charge in [0.1, 0.15) is 11.0 Å². The summed E-state index contributed by atoms with van der Waals surface area (Å²) in [5.74, 6) is -0.467. The fourth-order valence-electron chi connectivity index (χ4n) is 3.14. The molecule has 0 radical (unpaired) electrons. The summed E-state index contributed by atoms with van der Waals surface area (Å²) in [4.78, 5) is 19.8. The molecule has 4 aromatic rings. The smallest absolute Gasteiger partial charge is 0.268 e. The molecule has 0 aliphatic heterocycles. The second-order valence-electron chi connectivity index (χ2n) is 6.30. The molecule has 0 fully saturated rings. The van der Waals surface area contributed by atoms with E-state index in [9.17, 15) is 9.18 Å². The Labute approximate surface area is 165 Å². The van der Waals surface area contributed by atoms with Crippen molar-refractivity contribution >= 4 is 55.5 Å². The Morgan fingerprint density at radius 2 is 1.89 bits per heavy atom. The van der Waals surface area contributed by atoms with Gasteiger partial charge >= 0.3 is 0 Å². The van der Waals surface area contributed by atoms with Crippen molar-refractivity contribution in [3.63, 3.8) is 0 Å². The van der Waals surface area contributed by atoms with Gasteiger partial charge in [-0.2, -0.15) is 0 Å². The first kappa shape index (κ1) is 17.9. The van der Waals surface area contributed by atoms with Crippen LogP contribution in [0.5, 0.6) is 0 Å². The van der Waals surface area contributed by atoms with E-state index in [0.29, 0.717) is 22.3 Å². The monoisotopic (exact) mass is 398 g/mol. The number of hydrogen-bond acceptors (Lipinski definition) is 3. The first-order valence-electron chi connectivity index (χ1n) is 8.54. The van der Waals surface area contributed by atoms with Gasteiger partial charge in [0.15, 0.2) is 0 Å². The molecule has 3 nitrogen and oxygen atoms in total. The minimum atomic E-state index is -0.330. The fourth-order valence-corrected chi connectivity index (χ4v) is 4.57. The van der Waals surface area contributed by atoms with Crippen LogP contribution < -0.4 is 4.90 Å². The highest BCUT2D eigenvalue weighted by atomic mass is 35.5. The summed E-state index contributed by atoms with van der Waals surface area (Å²) in [7, 11) is 0. The second-order valence-corrected chi connectivity index (χ2v) is 7.71. The Bertz CT molecular complexity index is 1170. The van der Waals surface area contributed by atoms with Crippen molar-refractivity contribution in [3.05, 3.63) is 69.9 Å². The summed E-state index contributed by atoms with van der Waals surface area (Å²) in [6.07, 6.45) is 0. The highest BCUT2D eigenvalue weighted by Crippen LogP contribution is 2.37. The summed E-state index contributed by atoms with van der Waals surface area (Å²) < 4.78 is 14.2. The van der Waals surface area contributed by atoms with Crippen LogP contribution in [0.25, 0.3) is 21.0 Å². The number of hydrogen-bond donors (Lipinski definition) is 0. The molecule has 0 unspecified atom stereocenters. The molecule has 0 bridgehead atoms. The molecule has 1 amide bonds. The summed E-state index contributed by atoms with van der Waals surface area (Å²) in [5.41, 5.74) is 2.59. The van der Waals surface area contributed by atoms with Gasteiger partial charge in [0.2, 0.25) is 0 Å². The number of carbonyl (C=O) groups excluding carboxylic acids is 1. The molecule has 4 rings (SSSR count). The van der Waals surface area contributed by atoms with Crippen LogP contribution in [-0.2, 0) is 0 Å². The number of aromatic nitrogens is 1. The highest BCUT2D eigenvalue weighted by Gasteiger charge is 2.21. The van der Waals surface area contributed by atoms with E-state index in [4.69, 9.17) is 11.6 Å². The Morgan fingerprint density at radius 1 is 1.15 bits per heavy atom. The molecule has 27 heavy (non-hydrogen) atoms. The minimum absolute atomic E-state index is 0.137. The number of amides is 1. The standard InChI is InChI=1S/C21H16ClFN2OS/c1-3-25(14-7-5-13(23)6-8-14)21(26)18-11-16-19(27-18)15-10-12(2)4-9-17(15)24-20(16)22/h4-11H,3H2,1-2H3. The summed E-state index contributed by atoms with van der Waals surface area (Å²) in [6, 6.07) is 13.7. The van der Waals surface area contributed by atoms with Crippen molar-refractivity contribution in [3.8, 4) is 0 Å². The van der Waals surface area contributed by atoms with E-state index in [0.717, 1.165) is 26.6 Å². The quantitative estimate of drug-likeness (QED) is 0.384. The predicted octanol–water partition coefficient (Wildman–Crippen LogP) is 6.22. The molecule has 0 saturated carbocycles. The van der Waals surface area contributed by atoms with Gasteiger partial charge in [0.05, 0.1) is 10.4 Å². The molecule has 0 saturated heterocycles. The van der Waals surface area contributed by atoms with Crippen molar-refractivity contribution in [2.45, 2.75) is 13.8 Å². The number of aryl methyl sites for hydroxylation is 1. The molecule has 2 heterocycles. The summed E-state index contributed by atoms with van der Waals surface area (Å²) in [5, 5.41) is 2.16. The van der Waals surface area contributed by atoms with Crippen molar-refractivity contribution < 1.29 is 9.18 Å². The maximum Gasteiger partial charge on any atom is 0.268 e. The lowest BCUT2D eigenvalue weighted by molar-refractivity contribution is 0.0992. The zero-order chi connectivity index (χ0) is 19.1. The van der Waals surface area contributed by atoms with Crippen LogP contribution in [0.4, 0.5) is 10.1 Å². The molecule has 0 atom stereocenters. The summed E-state index contributed by atoms with van der Waals surface area (Å²) >= 11 is 7.78. The van der Waals surface area contributed by atoms with Crippen LogP contribution >= 0.6 is 22.9 Å². The van der Waals surface area contributed by atoms with Gasteiger partial charge < -0.3 is 4.90 Å². The molecule has 6 heteroatoms. The number of carbonyl (C=O) groups is 1. The lowest BCUT2D eigenvalue weighted by Gasteiger charge is -2.20. The Hall–Kier alpha value is -2.50. The van der Waals surface area contributed by atoms with Crippen molar-refractivity contribution in [2.75, 3.05) is 11.4 Å². The average molecular weight is 399 g/mol. The molecule has 136 valence electrons.